The van der Waals surface area contributed by atoms with Gasteiger partial charge in [-0.3, -0.25) is 4.79 Å². The number of hydrogen-bond acceptors (Lipinski definition) is 5. The molecular formula is C10H16N4O2. The van der Waals surface area contributed by atoms with Gasteiger partial charge in [-0.15, -0.1) is 10.2 Å². The van der Waals surface area contributed by atoms with Crippen LogP contribution in [-0.4, -0.2) is 41.4 Å². The van der Waals surface area contributed by atoms with Crippen LogP contribution in [0, 0.1) is 0 Å². The minimum atomic E-state index is -0.251. The number of carbonyl (C=O) groups is 1. The predicted molar refractivity (Wildman–Crippen MR) is 60.2 cm³/mol. The van der Waals surface area contributed by atoms with E-state index < -0.39 is 0 Å². The summed E-state index contributed by atoms with van der Waals surface area (Å²) in [5.41, 5.74) is 0.295. The fraction of sp³-hybridized carbons (Fsp3) is 0.500. The van der Waals surface area contributed by atoms with Crippen LogP contribution in [-0.2, 0) is 0 Å². The van der Waals surface area contributed by atoms with Crippen molar-refractivity contribution in [3.8, 4) is 0 Å². The molecule has 0 unspecified atom stereocenters. The summed E-state index contributed by atoms with van der Waals surface area (Å²) in [5, 5.41) is 21.7. The molecule has 6 heteroatoms. The second-order valence-electron chi connectivity index (χ2n) is 3.24. The Morgan fingerprint density at radius 3 is 2.75 bits per heavy atom. The van der Waals surface area contributed by atoms with E-state index in [9.17, 15) is 4.79 Å². The van der Waals surface area contributed by atoms with E-state index in [-0.39, 0.29) is 12.5 Å². The van der Waals surface area contributed by atoms with E-state index >= 15 is 0 Å². The predicted octanol–water partition coefficient (Wildman–Crippen LogP) is 0.0206. The molecule has 0 aliphatic carbocycles. The van der Waals surface area contributed by atoms with Gasteiger partial charge in [0.15, 0.2) is 5.69 Å². The number of carbonyl (C=O) groups excluding carboxylic acids is 1. The molecule has 0 saturated carbocycles. The van der Waals surface area contributed by atoms with Gasteiger partial charge in [0.1, 0.15) is 5.82 Å². The van der Waals surface area contributed by atoms with Gasteiger partial charge in [-0.2, -0.15) is 0 Å². The third-order valence-electron chi connectivity index (χ3n) is 2.02. The van der Waals surface area contributed by atoms with Crippen LogP contribution >= 0.6 is 0 Å². The van der Waals surface area contributed by atoms with Crippen molar-refractivity contribution in [3.63, 3.8) is 0 Å². The van der Waals surface area contributed by atoms with Crippen LogP contribution in [0.2, 0.25) is 0 Å². The average Bonchev–Trinajstić information content (AvgIpc) is 2.34. The van der Waals surface area contributed by atoms with Crippen LogP contribution in [0.3, 0.4) is 0 Å². The maximum absolute atomic E-state index is 11.2. The molecule has 1 aromatic rings. The van der Waals surface area contributed by atoms with Crippen molar-refractivity contribution >= 4 is 11.7 Å². The quantitative estimate of drug-likeness (QED) is 0.593. The normalized spacial score (nSPS) is 9.88. The molecule has 1 heterocycles. The second kappa shape index (κ2) is 6.73. The van der Waals surface area contributed by atoms with Crippen LogP contribution in [0.5, 0.6) is 0 Å². The van der Waals surface area contributed by atoms with Gasteiger partial charge in [-0.25, -0.2) is 0 Å². The molecule has 1 amide bonds. The molecule has 0 aliphatic heterocycles. The lowest BCUT2D eigenvalue weighted by Gasteiger charge is -2.04. The zero-order valence-corrected chi connectivity index (χ0v) is 9.23. The summed E-state index contributed by atoms with van der Waals surface area (Å²) in [6.45, 7) is 0.928. The Hall–Kier alpha value is -1.69. The fourth-order valence-corrected chi connectivity index (χ4v) is 1.13. The van der Waals surface area contributed by atoms with Crippen LogP contribution < -0.4 is 10.6 Å². The Morgan fingerprint density at radius 2 is 2.19 bits per heavy atom. The molecule has 88 valence electrons. The van der Waals surface area contributed by atoms with Crippen molar-refractivity contribution < 1.29 is 9.90 Å². The van der Waals surface area contributed by atoms with Gasteiger partial charge < -0.3 is 15.7 Å². The highest BCUT2D eigenvalue weighted by molar-refractivity contribution is 5.91. The van der Waals surface area contributed by atoms with E-state index in [4.69, 9.17) is 5.11 Å². The number of rotatable bonds is 6. The molecule has 0 aliphatic rings. The summed E-state index contributed by atoms with van der Waals surface area (Å²) < 4.78 is 0. The minimum Gasteiger partial charge on any atom is -0.396 e. The third-order valence-corrected chi connectivity index (χ3v) is 2.02. The first-order valence-corrected chi connectivity index (χ1v) is 5.18. The van der Waals surface area contributed by atoms with E-state index in [1.807, 2.05) is 0 Å². The first-order chi connectivity index (χ1) is 7.77. The Morgan fingerprint density at radius 1 is 1.38 bits per heavy atom. The van der Waals surface area contributed by atoms with Crippen molar-refractivity contribution in [2.75, 3.05) is 25.5 Å². The number of aliphatic hydroxyl groups is 1. The molecule has 16 heavy (non-hydrogen) atoms. The lowest BCUT2D eigenvalue weighted by Crippen LogP contribution is -2.19. The van der Waals surface area contributed by atoms with Gasteiger partial charge in [-0.05, 0) is 25.0 Å². The van der Waals surface area contributed by atoms with E-state index in [2.05, 4.69) is 20.8 Å². The zero-order chi connectivity index (χ0) is 11.8. The van der Waals surface area contributed by atoms with Crippen molar-refractivity contribution in [2.24, 2.45) is 0 Å². The van der Waals surface area contributed by atoms with Gasteiger partial charge in [0, 0.05) is 20.2 Å². The first kappa shape index (κ1) is 12.4. The second-order valence-corrected chi connectivity index (χ2v) is 3.24. The highest BCUT2D eigenvalue weighted by Gasteiger charge is 2.04. The van der Waals surface area contributed by atoms with Crippen molar-refractivity contribution in [1.29, 1.82) is 0 Å². The summed E-state index contributed by atoms with van der Waals surface area (Å²) in [4.78, 5) is 11.2. The highest BCUT2D eigenvalue weighted by atomic mass is 16.2. The average molecular weight is 224 g/mol. The smallest absolute Gasteiger partial charge is 0.271 e. The third kappa shape index (κ3) is 3.82. The SMILES string of the molecule is CNC(=O)c1ccc(NCCCCO)nn1. The molecule has 3 N–H and O–H groups in total. The molecule has 1 aromatic heterocycles. The highest BCUT2D eigenvalue weighted by Crippen LogP contribution is 2.02. The molecule has 0 fully saturated rings. The van der Waals surface area contributed by atoms with E-state index in [1.165, 1.54) is 0 Å². The lowest BCUT2D eigenvalue weighted by molar-refractivity contribution is 0.0957. The van der Waals surface area contributed by atoms with Crippen molar-refractivity contribution in [3.05, 3.63) is 17.8 Å². The Kier molecular flexibility index (Phi) is 5.21. The Balaban J connectivity index is 2.42. The van der Waals surface area contributed by atoms with Crippen LogP contribution in [0.25, 0.3) is 0 Å². The first-order valence-electron chi connectivity index (χ1n) is 5.18. The monoisotopic (exact) mass is 224 g/mol. The zero-order valence-electron chi connectivity index (χ0n) is 9.23. The summed E-state index contributed by atoms with van der Waals surface area (Å²) in [7, 11) is 1.55. The number of aliphatic hydroxyl groups excluding tert-OH is 1. The summed E-state index contributed by atoms with van der Waals surface area (Å²) >= 11 is 0. The number of nitrogens with one attached hydrogen (secondary N) is 2. The molecule has 0 aromatic carbocycles. The standard InChI is InChI=1S/C10H16N4O2/c1-11-10(16)8-4-5-9(14-13-8)12-6-2-3-7-15/h4-5,15H,2-3,6-7H2,1H3,(H,11,16)(H,12,14). The molecule has 0 radical (unpaired) electrons. The van der Waals surface area contributed by atoms with Gasteiger partial charge in [-0.1, -0.05) is 0 Å². The Bertz CT molecular complexity index is 326. The van der Waals surface area contributed by atoms with Gasteiger partial charge in [0.2, 0.25) is 0 Å². The number of hydrogen-bond donors (Lipinski definition) is 3. The summed E-state index contributed by atoms with van der Waals surface area (Å²) in [5.74, 6) is 0.380. The molecular weight excluding hydrogens is 208 g/mol. The van der Waals surface area contributed by atoms with Crippen LogP contribution in [0.1, 0.15) is 23.3 Å². The fourth-order valence-electron chi connectivity index (χ4n) is 1.13. The minimum absolute atomic E-state index is 0.197. The van der Waals surface area contributed by atoms with Crippen LogP contribution in [0.4, 0.5) is 5.82 Å². The lowest BCUT2D eigenvalue weighted by atomic mass is 10.3. The molecule has 0 bridgehead atoms. The topological polar surface area (TPSA) is 87.1 Å². The largest absolute Gasteiger partial charge is 0.396 e. The van der Waals surface area contributed by atoms with E-state index in [0.29, 0.717) is 11.5 Å². The van der Waals surface area contributed by atoms with Gasteiger partial charge in [0.25, 0.3) is 5.91 Å². The maximum atomic E-state index is 11.2. The summed E-state index contributed by atoms with van der Waals surface area (Å²) in [6, 6.07) is 3.32. The molecule has 0 atom stereocenters. The van der Waals surface area contributed by atoms with Gasteiger partial charge in [0.05, 0.1) is 0 Å². The van der Waals surface area contributed by atoms with Gasteiger partial charge >= 0.3 is 0 Å². The summed E-state index contributed by atoms with van der Waals surface area (Å²) in [6.07, 6.45) is 1.63. The molecule has 1 rings (SSSR count). The van der Waals surface area contributed by atoms with Crippen LogP contribution in [0.15, 0.2) is 12.1 Å². The van der Waals surface area contributed by atoms with Crippen molar-refractivity contribution in [1.82, 2.24) is 15.5 Å². The maximum Gasteiger partial charge on any atom is 0.271 e. The number of anilines is 1. The molecule has 6 nitrogen and oxygen atoms in total. The number of nitrogens with zero attached hydrogens (tertiary/aromatic N) is 2. The number of amides is 1. The Labute approximate surface area is 94.1 Å². The number of unbranched alkanes of at least 4 members (excludes halogenated alkanes) is 1. The molecule has 0 saturated heterocycles. The molecule has 0 spiro atoms. The number of aromatic nitrogens is 2. The van der Waals surface area contributed by atoms with Crippen molar-refractivity contribution in [2.45, 2.75) is 12.8 Å². The van der Waals surface area contributed by atoms with E-state index in [1.54, 1.807) is 19.2 Å². The van der Waals surface area contributed by atoms with E-state index in [0.717, 1.165) is 19.4 Å².